The van der Waals surface area contributed by atoms with Gasteiger partial charge >= 0.3 is 5.97 Å². The molecule has 0 aliphatic carbocycles. The third-order valence-corrected chi connectivity index (χ3v) is 10.8. The summed E-state index contributed by atoms with van der Waals surface area (Å²) in [6.07, 6.45) is 0. The van der Waals surface area contributed by atoms with Crippen molar-refractivity contribution in [1.82, 2.24) is 28.6 Å². The van der Waals surface area contributed by atoms with Crippen LogP contribution in [-0.4, -0.2) is 75.1 Å². The van der Waals surface area contributed by atoms with Crippen molar-refractivity contribution in [3.05, 3.63) is 114 Å². The number of thioether (sulfide) groups is 1. The van der Waals surface area contributed by atoms with Crippen LogP contribution in [0.2, 0.25) is 5.02 Å². The zero-order valence-electron chi connectivity index (χ0n) is 25.8. The number of aromatic nitrogens is 5. The molecule has 1 saturated heterocycles. The normalized spacial score (nSPS) is 13.9. The number of hydrogen-bond donors (Lipinski definition) is 0. The highest BCUT2D eigenvalue weighted by Crippen LogP contribution is 2.31. The van der Waals surface area contributed by atoms with Gasteiger partial charge in [0.2, 0.25) is 10.0 Å². The fourth-order valence-electron chi connectivity index (χ4n) is 5.53. The van der Waals surface area contributed by atoms with Crippen LogP contribution >= 0.6 is 23.4 Å². The second-order valence-electron chi connectivity index (χ2n) is 10.9. The van der Waals surface area contributed by atoms with E-state index in [0.717, 1.165) is 11.8 Å². The van der Waals surface area contributed by atoms with Gasteiger partial charge in [0.1, 0.15) is 17.9 Å². The van der Waals surface area contributed by atoms with E-state index >= 15 is 0 Å². The first kappa shape index (κ1) is 32.9. The summed E-state index contributed by atoms with van der Waals surface area (Å²) in [6.45, 7) is 1.000. The summed E-state index contributed by atoms with van der Waals surface area (Å²) < 4.78 is 57.4. The lowest BCUT2D eigenvalue weighted by Gasteiger charge is -2.26. The average molecular weight is 719 g/mol. The van der Waals surface area contributed by atoms with Gasteiger partial charge < -0.3 is 9.47 Å². The number of para-hydroxylation sites is 2. The number of nitrogens with zero attached hydrogens (tertiary/aromatic N) is 6. The molecule has 0 atom stereocenters. The monoisotopic (exact) mass is 718 g/mol. The third kappa shape index (κ3) is 6.82. The first-order valence-corrected chi connectivity index (χ1v) is 18.0. The Bertz CT molecular complexity index is 2260. The van der Waals surface area contributed by atoms with E-state index in [1.165, 1.54) is 10.4 Å². The number of benzene rings is 4. The van der Waals surface area contributed by atoms with Gasteiger partial charge in [0.25, 0.3) is 0 Å². The van der Waals surface area contributed by atoms with E-state index < -0.39 is 21.8 Å². The zero-order valence-corrected chi connectivity index (χ0v) is 28.2. The molecular weight excluding hydrogens is 691 g/mol. The maximum atomic E-state index is 14.9. The number of carbonyl (C=O) groups excluding carboxylic acids is 1. The highest BCUT2D eigenvalue weighted by molar-refractivity contribution is 7.99. The molecule has 0 N–H and O–H groups in total. The van der Waals surface area contributed by atoms with E-state index in [9.17, 15) is 17.6 Å². The Morgan fingerprint density at radius 1 is 0.898 bits per heavy atom. The number of ether oxygens (including phenoxy) is 2. The maximum absolute atomic E-state index is 14.9. The standard InChI is InChI=1S/C34H28ClFN6O5S2/c35-24-8-5-11-26(20-24)42-33(23-7-4-12-27(19-23)49(44,45)40-15-17-46-18-16-40)38-39-34(42)48-22-31(43)47-21-30-37-29-14-6-13-28(36)32(29)41(30)25-9-2-1-3-10-25/h1-14,19-20H,15-18,21-22H2. The Balaban J connectivity index is 1.14. The second-order valence-corrected chi connectivity index (χ2v) is 14.2. The van der Waals surface area contributed by atoms with Crippen molar-refractivity contribution in [3.63, 3.8) is 0 Å². The van der Waals surface area contributed by atoms with Crippen LogP contribution in [0, 0.1) is 5.82 Å². The van der Waals surface area contributed by atoms with Crippen molar-refractivity contribution in [2.45, 2.75) is 16.7 Å². The van der Waals surface area contributed by atoms with Gasteiger partial charge in [-0.1, -0.05) is 65.8 Å². The Morgan fingerprint density at radius 3 is 2.45 bits per heavy atom. The van der Waals surface area contributed by atoms with Crippen molar-refractivity contribution < 1.29 is 27.1 Å². The molecule has 0 spiro atoms. The van der Waals surface area contributed by atoms with E-state index in [-0.39, 0.29) is 35.9 Å². The van der Waals surface area contributed by atoms with Gasteiger partial charge in [-0.3, -0.25) is 13.9 Å². The number of morpholine rings is 1. The van der Waals surface area contributed by atoms with Gasteiger partial charge in [-0.15, -0.1) is 10.2 Å². The van der Waals surface area contributed by atoms with E-state index in [1.54, 1.807) is 63.7 Å². The average Bonchev–Trinajstić information content (AvgIpc) is 3.73. The van der Waals surface area contributed by atoms with Crippen LogP contribution < -0.4 is 0 Å². The number of sulfonamides is 1. The van der Waals surface area contributed by atoms with Gasteiger partial charge in [-0.25, -0.2) is 17.8 Å². The SMILES string of the molecule is O=C(CSc1nnc(-c2cccc(S(=O)(=O)N3CCOCC3)c2)n1-c1cccc(Cl)c1)OCc1nc2cccc(F)c2n1-c1ccccc1. The van der Waals surface area contributed by atoms with Crippen LogP contribution in [0.5, 0.6) is 0 Å². The molecule has 0 unspecified atom stereocenters. The van der Waals surface area contributed by atoms with Gasteiger partial charge in [0, 0.05) is 29.4 Å². The summed E-state index contributed by atoms with van der Waals surface area (Å²) in [5.74, 6) is -0.415. The molecule has 250 valence electrons. The molecule has 3 heterocycles. The van der Waals surface area contributed by atoms with Crippen molar-refractivity contribution in [2.75, 3.05) is 32.1 Å². The molecule has 11 nitrogen and oxygen atoms in total. The van der Waals surface area contributed by atoms with Gasteiger partial charge in [0.15, 0.2) is 16.8 Å². The maximum Gasteiger partial charge on any atom is 0.316 e. The molecule has 0 radical (unpaired) electrons. The molecule has 4 aromatic carbocycles. The Morgan fingerprint density at radius 2 is 1.65 bits per heavy atom. The molecule has 2 aromatic heterocycles. The minimum absolute atomic E-state index is 0.117. The first-order chi connectivity index (χ1) is 23.8. The molecule has 7 rings (SSSR count). The van der Waals surface area contributed by atoms with Gasteiger partial charge in [-0.2, -0.15) is 4.31 Å². The van der Waals surface area contributed by atoms with Gasteiger partial charge in [-0.05, 0) is 54.6 Å². The minimum Gasteiger partial charge on any atom is -0.457 e. The van der Waals surface area contributed by atoms with Crippen molar-refractivity contribution >= 4 is 50.4 Å². The Labute approximate surface area is 290 Å². The Hall–Kier alpha value is -4.60. The topological polar surface area (TPSA) is 121 Å². The number of hydrogen-bond acceptors (Lipinski definition) is 9. The molecule has 1 aliphatic rings. The van der Waals surface area contributed by atoms with E-state index in [1.807, 2.05) is 36.4 Å². The first-order valence-electron chi connectivity index (χ1n) is 15.2. The van der Waals surface area contributed by atoms with Crippen molar-refractivity contribution in [3.8, 4) is 22.8 Å². The molecule has 15 heteroatoms. The smallest absolute Gasteiger partial charge is 0.316 e. The predicted octanol–water partition coefficient (Wildman–Crippen LogP) is 5.92. The number of esters is 1. The summed E-state index contributed by atoms with van der Waals surface area (Å²) >= 11 is 7.44. The predicted molar refractivity (Wildman–Crippen MR) is 183 cm³/mol. The second kappa shape index (κ2) is 14.1. The largest absolute Gasteiger partial charge is 0.457 e. The van der Waals surface area contributed by atoms with Crippen LogP contribution in [0.25, 0.3) is 33.8 Å². The molecule has 1 aliphatic heterocycles. The lowest BCUT2D eigenvalue weighted by atomic mass is 10.2. The van der Waals surface area contributed by atoms with E-state index in [2.05, 4.69) is 15.2 Å². The van der Waals surface area contributed by atoms with Crippen LogP contribution in [-0.2, 0) is 30.9 Å². The number of imidazole rings is 1. The van der Waals surface area contributed by atoms with Crippen LogP contribution in [0.1, 0.15) is 5.82 Å². The summed E-state index contributed by atoms with van der Waals surface area (Å²) in [5, 5.41) is 9.57. The zero-order chi connectivity index (χ0) is 34.0. The minimum atomic E-state index is -3.77. The molecule has 49 heavy (non-hydrogen) atoms. The number of carbonyl (C=O) groups is 1. The molecule has 0 bridgehead atoms. The van der Waals surface area contributed by atoms with Crippen LogP contribution in [0.3, 0.4) is 0 Å². The van der Waals surface area contributed by atoms with E-state index in [4.69, 9.17) is 21.1 Å². The molecule has 6 aromatic rings. The van der Waals surface area contributed by atoms with E-state index in [0.29, 0.717) is 57.5 Å². The molecule has 1 fully saturated rings. The fourth-order valence-corrected chi connectivity index (χ4v) is 7.91. The fraction of sp³-hybridized carbons (Fsp3) is 0.176. The Kier molecular flexibility index (Phi) is 9.47. The van der Waals surface area contributed by atoms with Crippen LogP contribution in [0.4, 0.5) is 4.39 Å². The van der Waals surface area contributed by atoms with Crippen LogP contribution in [0.15, 0.2) is 107 Å². The number of halogens is 2. The highest BCUT2D eigenvalue weighted by atomic mass is 35.5. The lowest BCUT2D eigenvalue weighted by molar-refractivity contribution is -0.141. The molecular formula is C34H28ClFN6O5S2. The number of fused-ring (bicyclic) bond motifs is 1. The third-order valence-electron chi connectivity index (χ3n) is 7.79. The summed E-state index contributed by atoms with van der Waals surface area (Å²) in [4.78, 5) is 17.7. The summed E-state index contributed by atoms with van der Waals surface area (Å²) in [7, 11) is -3.77. The summed E-state index contributed by atoms with van der Waals surface area (Å²) in [5.41, 5.74) is 2.53. The van der Waals surface area contributed by atoms with Gasteiger partial charge in [0.05, 0.1) is 35.1 Å². The molecule has 0 amide bonds. The molecule has 0 saturated carbocycles. The number of rotatable bonds is 10. The highest BCUT2D eigenvalue weighted by Gasteiger charge is 2.27. The van der Waals surface area contributed by atoms with Crippen molar-refractivity contribution in [1.29, 1.82) is 0 Å². The quantitative estimate of drug-likeness (QED) is 0.126. The van der Waals surface area contributed by atoms with Crippen molar-refractivity contribution in [2.24, 2.45) is 0 Å². The lowest BCUT2D eigenvalue weighted by Crippen LogP contribution is -2.40. The summed E-state index contributed by atoms with van der Waals surface area (Å²) in [6, 6.07) is 27.3.